The predicted octanol–water partition coefficient (Wildman–Crippen LogP) is 1.34. The van der Waals surface area contributed by atoms with Crippen LogP contribution in [-0.2, 0) is 18.9 Å². The van der Waals surface area contributed by atoms with Crippen LogP contribution in [0.25, 0.3) is 0 Å². The lowest BCUT2D eigenvalue weighted by Crippen LogP contribution is -2.45. The van der Waals surface area contributed by atoms with Crippen molar-refractivity contribution in [1.82, 2.24) is 0 Å². The smallest absolute Gasteiger partial charge is 0.181 e. The summed E-state index contributed by atoms with van der Waals surface area (Å²) in [6.07, 6.45) is 9.26. The van der Waals surface area contributed by atoms with E-state index in [0.717, 1.165) is 26.4 Å². The minimum absolute atomic E-state index is 0.365. The molecular formula is C16H18O4. The second kappa shape index (κ2) is 3.22. The van der Waals surface area contributed by atoms with Gasteiger partial charge < -0.3 is 18.9 Å². The molecule has 0 aromatic rings. The van der Waals surface area contributed by atoms with Crippen LogP contribution in [0.15, 0.2) is 24.3 Å². The molecule has 2 saturated heterocycles. The standard InChI is InChI=1S/C16H18O4/c1-2-10-13-9(1)15(17-5-6-18-15)11-3-4-12(14(11)13)16(10)19-7-8-20-16/h1-4,9-14H,5-8H2/t9-,10-,11-,12+,13?,14?/m0/s1. The lowest BCUT2D eigenvalue weighted by molar-refractivity contribution is -0.222. The second-order valence-corrected chi connectivity index (χ2v) is 6.86. The van der Waals surface area contributed by atoms with Crippen molar-refractivity contribution in [3.8, 4) is 0 Å². The molecule has 2 spiro atoms. The third kappa shape index (κ3) is 0.907. The van der Waals surface area contributed by atoms with E-state index < -0.39 is 11.6 Å². The van der Waals surface area contributed by atoms with Gasteiger partial charge in [0, 0.05) is 23.7 Å². The highest BCUT2D eigenvalue weighted by molar-refractivity contribution is 5.35. The number of hydrogen-bond donors (Lipinski definition) is 0. The molecule has 2 unspecified atom stereocenters. The van der Waals surface area contributed by atoms with Gasteiger partial charge in [-0.25, -0.2) is 0 Å². The summed E-state index contributed by atoms with van der Waals surface area (Å²) in [7, 11) is 0. The third-order valence-electron chi connectivity index (χ3n) is 6.49. The Morgan fingerprint density at radius 1 is 0.550 bits per heavy atom. The first kappa shape index (κ1) is 11.0. The minimum Gasteiger partial charge on any atom is -0.346 e. The number of ether oxygens (including phenoxy) is 4. The first-order chi connectivity index (χ1) is 9.87. The molecule has 0 bridgehead atoms. The Kier molecular flexibility index (Phi) is 1.76. The zero-order valence-electron chi connectivity index (χ0n) is 11.2. The normalized spacial score (nSPS) is 54.8. The number of rotatable bonds is 0. The van der Waals surface area contributed by atoms with Crippen molar-refractivity contribution in [3.05, 3.63) is 24.3 Å². The summed E-state index contributed by atoms with van der Waals surface area (Å²) in [5.74, 6) is 1.77. The van der Waals surface area contributed by atoms with Gasteiger partial charge in [0.25, 0.3) is 0 Å². The van der Waals surface area contributed by atoms with Gasteiger partial charge in [-0.15, -0.1) is 0 Å². The molecule has 0 aromatic heterocycles. The molecule has 0 amide bonds. The van der Waals surface area contributed by atoms with E-state index in [9.17, 15) is 0 Å². The van der Waals surface area contributed by atoms with E-state index in [0.29, 0.717) is 35.5 Å². The molecule has 0 radical (unpaired) electrons. The van der Waals surface area contributed by atoms with Gasteiger partial charge in [-0.3, -0.25) is 0 Å². The summed E-state index contributed by atoms with van der Waals surface area (Å²) >= 11 is 0. The average Bonchev–Trinajstić information content (AvgIpc) is 3.21. The lowest BCUT2D eigenvalue weighted by atomic mass is 9.88. The fourth-order valence-electron chi connectivity index (χ4n) is 6.11. The van der Waals surface area contributed by atoms with Crippen LogP contribution in [0, 0.1) is 35.5 Å². The topological polar surface area (TPSA) is 36.9 Å². The van der Waals surface area contributed by atoms with E-state index >= 15 is 0 Å². The molecule has 6 aliphatic rings. The van der Waals surface area contributed by atoms with Crippen LogP contribution in [0.3, 0.4) is 0 Å². The Morgan fingerprint density at radius 2 is 0.850 bits per heavy atom. The summed E-state index contributed by atoms with van der Waals surface area (Å²) in [5.41, 5.74) is 0. The van der Waals surface area contributed by atoms with E-state index in [1.54, 1.807) is 0 Å². The maximum Gasteiger partial charge on any atom is 0.181 e. The molecule has 2 aliphatic heterocycles. The first-order valence-corrected chi connectivity index (χ1v) is 7.79. The van der Waals surface area contributed by atoms with Crippen molar-refractivity contribution in [1.29, 1.82) is 0 Å². The molecule has 2 heterocycles. The van der Waals surface area contributed by atoms with Crippen LogP contribution in [0.1, 0.15) is 0 Å². The SMILES string of the molecule is C1=C[C@H]2C3C4[C@H](C=C[C@@H]4C24OCCO4)C2(OCCO2)[C@H]13. The molecular weight excluding hydrogens is 256 g/mol. The van der Waals surface area contributed by atoms with E-state index in [1.165, 1.54) is 0 Å². The lowest BCUT2D eigenvalue weighted by Gasteiger charge is -2.35. The van der Waals surface area contributed by atoms with Crippen molar-refractivity contribution in [2.75, 3.05) is 26.4 Å². The Morgan fingerprint density at radius 3 is 1.15 bits per heavy atom. The largest absolute Gasteiger partial charge is 0.346 e. The highest BCUT2D eigenvalue weighted by atomic mass is 16.7. The van der Waals surface area contributed by atoms with Crippen molar-refractivity contribution in [2.24, 2.45) is 35.5 Å². The molecule has 4 nitrogen and oxygen atoms in total. The summed E-state index contributed by atoms with van der Waals surface area (Å²) < 4.78 is 24.6. The number of hydrogen-bond acceptors (Lipinski definition) is 4. The maximum atomic E-state index is 6.14. The highest BCUT2D eigenvalue weighted by Crippen LogP contribution is 2.72. The predicted molar refractivity (Wildman–Crippen MR) is 68.5 cm³/mol. The van der Waals surface area contributed by atoms with Gasteiger partial charge in [0.05, 0.1) is 26.4 Å². The quantitative estimate of drug-likeness (QED) is 0.625. The minimum atomic E-state index is -0.397. The number of fused-ring (bicyclic) bond motifs is 4. The van der Waals surface area contributed by atoms with Gasteiger partial charge in [-0.1, -0.05) is 24.3 Å². The van der Waals surface area contributed by atoms with E-state index in [2.05, 4.69) is 24.3 Å². The summed E-state index contributed by atoms with van der Waals surface area (Å²) in [6.45, 7) is 2.90. The van der Waals surface area contributed by atoms with Crippen molar-refractivity contribution in [2.45, 2.75) is 11.6 Å². The summed E-state index contributed by atoms with van der Waals surface area (Å²) in [5, 5.41) is 0. The van der Waals surface area contributed by atoms with Gasteiger partial charge in [0.15, 0.2) is 11.6 Å². The van der Waals surface area contributed by atoms with Gasteiger partial charge in [0.2, 0.25) is 0 Å². The monoisotopic (exact) mass is 274 g/mol. The van der Waals surface area contributed by atoms with Crippen LogP contribution in [0.5, 0.6) is 0 Å². The van der Waals surface area contributed by atoms with Gasteiger partial charge in [-0.05, 0) is 11.8 Å². The highest BCUT2D eigenvalue weighted by Gasteiger charge is 2.77. The fourth-order valence-corrected chi connectivity index (χ4v) is 6.11. The van der Waals surface area contributed by atoms with Crippen LogP contribution < -0.4 is 0 Å². The van der Waals surface area contributed by atoms with Crippen molar-refractivity contribution >= 4 is 0 Å². The summed E-state index contributed by atoms with van der Waals surface area (Å²) in [6, 6.07) is 0. The molecule has 4 heteroatoms. The molecule has 6 atom stereocenters. The molecule has 0 N–H and O–H groups in total. The van der Waals surface area contributed by atoms with Crippen LogP contribution in [0.4, 0.5) is 0 Å². The Balaban J connectivity index is 1.54. The molecule has 0 aromatic carbocycles. The van der Waals surface area contributed by atoms with E-state index in [1.807, 2.05) is 0 Å². The molecule has 20 heavy (non-hydrogen) atoms. The average molecular weight is 274 g/mol. The van der Waals surface area contributed by atoms with Gasteiger partial charge in [0.1, 0.15) is 0 Å². The zero-order chi connectivity index (χ0) is 12.9. The molecule has 2 saturated carbocycles. The van der Waals surface area contributed by atoms with Gasteiger partial charge in [-0.2, -0.15) is 0 Å². The van der Waals surface area contributed by atoms with E-state index in [4.69, 9.17) is 18.9 Å². The molecule has 106 valence electrons. The molecule has 4 aliphatic carbocycles. The zero-order valence-corrected chi connectivity index (χ0v) is 11.2. The maximum absolute atomic E-state index is 6.14. The van der Waals surface area contributed by atoms with Crippen LogP contribution in [0.2, 0.25) is 0 Å². The van der Waals surface area contributed by atoms with Crippen molar-refractivity contribution in [3.63, 3.8) is 0 Å². The second-order valence-electron chi connectivity index (χ2n) is 6.86. The summed E-state index contributed by atoms with van der Waals surface area (Å²) in [4.78, 5) is 0. The van der Waals surface area contributed by atoms with Crippen LogP contribution in [-0.4, -0.2) is 38.0 Å². The fraction of sp³-hybridized carbons (Fsp3) is 0.750. The Labute approximate surface area is 117 Å². The van der Waals surface area contributed by atoms with Gasteiger partial charge >= 0.3 is 0 Å². The van der Waals surface area contributed by atoms with Crippen LogP contribution >= 0.6 is 0 Å². The molecule has 4 fully saturated rings. The van der Waals surface area contributed by atoms with E-state index in [-0.39, 0.29) is 0 Å². The Bertz CT molecular complexity index is 447. The van der Waals surface area contributed by atoms with Crippen molar-refractivity contribution < 1.29 is 18.9 Å². The third-order valence-corrected chi connectivity index (χ3v) is 6.49. The molecule has 6 rings (SSSR count). The Hall–Kier alpha value is -0.680. The first-order valence-electron chi connectivity index (χ1n) is 7.79.